The predicted molar refractivity (Wildman–Crippen MR) is 70.3 cm³/mol. The van der Waals surface area contributed by atoms with Crippen molar-refractivity contribution in [2.45, 2.75) is 19.8 Å². The zero-order valence-corrected chi connectivity index (χ0v) is 10.8. The lowest BCUT2D eigenvalue weighted by Gasteiger charge is -2.19. The van der Waals surface area contributed by atoms with E-state index in [1.54, 1.807) is 6.33 Å². The van der Waals surface area contributed by atoms with Gasteiger partial charge in [0.1, 0.15) is 12.1 Å². The summed E-state index contributed by atoms with van der Waals surface area (Å²) >= 11 is 0. The summed E-state index contributed by atoms with van der Waals surface area (Å²) in [5.74, 6) is 0.499. The Bertz CT molecular complexity index is 622. The summed E-state index contributed by atoms with van der Waals surface area (Å²) in [4.78, 5) is 17.2. The molecule has 6 heteroatoms. The summed E-state index contributed by atoms with van der Waals surface area (Å²) in [6, 6.07) is 4.06. The maximum absolute atomic E-state index is 10.8. The molecule has 3 heterocycles. The third-order valence-corrected chi connectivity index (χ3v) is 3.58. The Labute approximate surface area is 110 Å². The molecule has 1 saturated heterocycles. The van der Waals surface area contributed by atoms with Gasteiger partial charge in [-0.15, -0.1) is 0 Å². The van der Waals surface area contributed by atoms with E-state index >= 15 is 0 Å². The molecule has 0 bridgehead atoms. The second-order valence-electron chi connectivity index (χ2n) is 5.12. The lowest BCUT2D eigenvalue weighted by atomic mass is 10.1. The fourth-order valence-electron chi connectivity index (χ4n) is 2.72. The van der Waals surface area contributed by atoms with Crippen LogP contribution in [0.2, 0.25) is 0 Å². The molecule has 100 valence electrons. The number of nitrogens with zero attached hydrogens (tertiary/aromatic N) is 4. The van der Waals surface area contributed by atoms with Crippen molar-refractivity contribution in [2.75, 3.05) is 18.0 Å². The lowest BCUT2D eigenvalue weighted by Crippen LogP contribution is -2.23. The van der Waals surface area contributed by atoms with Gasteiger partial charge >= 0.3 is 5.97 Å². The molecular formula is C13H16N4O2. The molecular weight excluding hydrogens is 244 g/mol. The van der Waals surface area contributed by atoms with Crippen molar-refractivity contribution in [3.63, 3.8) is 0 Å². The number of pyridine rings is 1. The first-order valence-electron chi connectivity index (χ1n) is 6.40. The number of anilines is 1. The predicted octanol–water partition coefficient (Wildman–Crippen LogP) is 1.34. The standard InChI is InChI=1S/C13H16N4O2/c1-9-4-11-14-8-15-17(11)12(5-9)16-3-2-10(7-16)6-13(18)19/h4-5,8,10H,2-3,6-7H2,1H3,(H,18,19). The summed E-state index contributed by atoms with van der Waals surface area (Å²) in [5.41, 5.74) is 1.97. The van der Waals surface area contributed by atoms with Crippen molar-refractivity contribution in [1.82, 2.24) is 14.6 Å². The van der Waals surface area contributed by atoms with Crippen LogP contribution in [-0.2, 0) is 4.79 Å². The first-order chi connectivity index (χ1) is 9.13. The van der Waals surface area contributed by atoms with Crippen LogP contribution in [0.5, 0.6) is 0 Å². The number of hydrogen-bond acceptors (Lipinski definition) is 4. The number of aromatic nitrogens is 3. The van der Waals surface area contributed by atoms with E-state index in [4.69, 9.17) is 5.11 Å². The molecule has 0 amide bonds. The Balaban J connectivity index is 1.89. The molecule has 1 fully saturated rings. The summed E-state index contributed by atoms with van der Waals surface area (Å²) in [7, 11) is 0. The summed E-state index contributed by atoms with van der Waals surface area (Å²) in [6.07, 6.45) is 2.70. The molecule has 1 aliphatic heterocycles. The summed E-state index contributed by atoms with van der Waals surface area (Å²) < 4.78 is 1.82. The Morgan fingerprint density at radius 2 is 2.37 bits per heavy atom. The van der Waals surface area contributed by atoms with Crippen molar-refractivity contribution >= 4 is 17.4 Å². The van der Waals surface area contributed by atoms with E-state index in [9.17, 15) is 4.79 Å². The smallest absolute Gasteiger partial charge is 0.303 e. The molecule has 0 spiro atoms. The highest BCUT2D eigenvalue weighted by molar-refractivity contribution is 5.67. The molecule has 0 aliphatic carbocycles. The number of aryl methyl sites for hydroxylation is 1. The fraction of sp³-hybridized carbons (Fsp3) is 0.462. The van der Waals surface area contributed by atoms with Crippen LogP contribution in [0.25, 0.3) is 5.65 Å². The molecule has 0 radical (unpaired) electrons. The maximum Gasteiger partial charge on any atom is 0.303 e. The van der Waals surface area contributed by atoms with E-state index < -0.39 is 5.97 Å². The number of fused-ring (bicyclic) bond motifs is 1. The third kappa shape index (κ3) is 2.25. The van der Waals surface area contributed by atoms with Crippen LogP contribution in [0.4, 0.5) is 5.82 Å². The van der Waals surface area contributed by atoms with E-state index in [2.05, 4.69) is 21.0 Å². The molecule has 6 nitrogen and oxygen atoms in total. The largest absolute Gasteiger partial charge is 0.481 e. The molecule has 2 aromatic heterocycles. The Morgan fingerprint density at radius 3 is 3.16 bits per heavy atom. The average molecular weight is 260 g/mol. The van der Waals surface area contributed by atoms with Crippen LogP contribution < -0.4 is 4.90 Å². The Kier molecular flexibility index (Phi) is 2.85. The molecule has 1 N–H and O–H groups in total. The van der Waals surface area contributed by atoms with Crippen molar-refractivity contribution in [3.8, 4) is 0 Å². The van der Waals surface area contributed by atoms with Gasteiger partial charge in [0.25, 0.3) is 0 Å². The van der Waals surface area contributed by atoms with Crippen LogP contribution in [0.1, 0.15) is 18.4 Å². The van der Waals surface area contributed by atoms with Crippen molar-refractivity contribution in [1.29, 1.82) is 0 Å². The van der Waals surface area contributed by atoms with Gasteiger partial charge in [0, 0.05) is 19.5 Å². The minimum Gasteiger partial charge on any atom is -0.481 e. The fourth-order valence-corrected chi connectivity index (χ4v) is 2.72. The van der Waals surface area contributed by atoms with E-state index in [-0.39, 0.29) is 12.3 Å². The van der Waals surface area contributed by atoms with E-state index in [0.717, 1.165) is 36.5 Å². The van der Waals surface area contributed by atoms with Gasteiger partial charge in [0.15, 0.2) is 5.65 Å². The third-order valence-electron chi connectivity index (χ3n) is 3.58. The summed E-state index contributed by atoms with van der Waals surface area (Å²) in [6.45, 7) is 3.67. The molecule has 0 saturated carbocycles. The van der Waals surface area contributed by atoms with Crippen molar-refractivity contribution in [2.24, 2.45) is 5.92 Å². The average Bonchev–Trinajstić information content (AvgIpc) is 2.95. The van der Waals surface area contributed by atoms with Gasteiger partial charge in [-0.1, -0.05) is 0 Å². The lowest BCUT2D eigenvalue weighted by molar-refractivity contribution is -0.137. The number of carboxylic acid groups (broad SMARTS) is 1. The molecule has 1 atom stereocenters. The van der Waals surface area contributed by atoms with Crippen LogP contribution in [0.3, 0.4) is 0 Å². The number of rotatable bonds is 3. The van der Waals surface area contributed by atoms with Crippen LogP contribution in [-0.4, -0.2) is 38.8 Å². The number of carbonyl (C=O) groups is 1. The molecule has 1 aliphatic rings. The quantitative estimate of drug-likeness (QED) is 0.901. The first-order valence-corrected chi connectivity index (χ1v) is 6.40. The summed E-state index contributed by atoms with van der Waals surface area (Å²) in [5, 5.41) is 13.1. The normalized spacial score (nSPS) is 19.2. The zero-order valence-electron chi connectivity index (χ0n) is 10.8. The van der Waals surface area contributed by atoms with E-state index in [1.165, 1.54) is 0 Å². The SMILES string of the molecule is Cc1cc(N2CCC(CC(=O)O)C2)n2ncnc2c1. The van der Waals surface area contributed by atoms with Crippen molar-refractivity contribution in [3.05, 3.63) is 24.0 Å². The molecule has 0 aromatic carbocycles. The van der Waals surface area contributed by atoms with Gasteiger partial charge < -0.3 is 10.0 Å². The topological polar surface area (TPSA) is 70.7 Å². The highest BCUT2D eigenvalue weighted by Crippen LogP contribution is 2.26. The van der Waals surface area contributed by atoms with E-state index in [0.29, 0.717) is 0 Å². The monoisotopic (exact) mass is 260 g/mol. The van der Waals surface area contributed by atoms with Gasteiger partial charge in [-0.3, -0.25) is 4.79 Å². The highest BCUT2D eigenvalue weighted by Gasteiger charge is 2.26. The number of hydrogen-bond donors (Lipinski definition) is 1. The van der Waals surface area contributed by atoms with E-state index in [1.807, 2.05) is 17.5 Å². The maximum atomic E-state index is 10.8. The molecule has 2 aromatic rings. The second-order valence-corrected chi connectivity index (χ2v) is 5.12. The molecule has 3 rings (SSSR count). The van der Waals surface area contributed by atoms with Crippen LogP contribution in [0, 0.1) is 12.8 Å². The van der Waals surface area contributed by atoms with Crippen molar-refractivity contribution < 1.29 is 9.90 Å². The van der Waals surface area contributed by atoms with Gasteiger partial charge in [-0.2, -0.15) is 9.61 Å². The minimum absolute atomic E-state index is 0.219. The Hall–Kier alpha value is -2.11. The first kappa shape index (κ1) is 12.0. The molecule has 19 heavy (non-hydrogen) atoms. The van der Waals surface area contributed by atoms with Gasteiger partial charge in [-0.25, -0.2) is 4.98 Å². The van der Waals surface area contributed by atoms with Gasteiger partial charge in [-0.05, 0) is 37.0 Å². The zero-order chi connectivity index (χ0) is 13.4. The molecule has 1 unspecified atom stereocenters. The van der Waals surface area contributed by atoms with Crippen LogP contribution >= 0.6 is 0 Å². The second kappa shape index (κ2) is 4.53. The highest BCUT2D eigenvalue weighted by atomic mass is 16.4. The minimum atomic E-state index is -0.720. The van der Waals surface area contributed by atoms with Gasteiger partial charge in [0.2, 0.25) is 0 Å². The van der Waals surface area contributed by atoms with Crippen LogP contribution in [0.15, 0.2) is 18.5 Å². The Morgan fingerprint density at radius 1 is 1.53 bits per heavy atom. The van der Waals surface area contributed by atoms with Gasteiger partial charge in [0.05, 0.1) is 0 Å². The number of aliphatic carboxylic acids is 1. The number of carboxylic acids is 1.